The van der Waals surface area contributed by atoms with Crippen LogP contribution in [0, 0.1) is 0 Å². The van der Waals surface area contributed by atoms with E-state index in [1.165, 1.54) is 0 Å². The summed E-state index contributed by atoms with van der Waals surface area (Å²) in [6.07, 6.45) is 2.22. The number of hydrogen-bond acceptors (Lipinski definition) is 0. The number of hydrogen-bond donors (Lipinski definition) is 0. The standard InChI is InChI=1S/C5H9O/c1-3-5(6)4-2/h3H,4H2,1-2H3. The van der Waals surface area contributed by atoms with Crippen LogP contribution in [0.1, 0.15) is 20.3 Å². The summed E-state index contributed by atoms with van der Waals surface area (Å²) in [6, 6.07) is 0. The monoisotopic (exact) mass is 85.1 g/mol. The summed E-state index contributed by atoms with van der Waals surface area (Å²) in [5.74, 6) is 0.218. The Morgan fingerprint density at radius 2 is 2.33 bits per heavy atom. The molecule has 1 radical (unpaired) electrons. The third-order valence-corrected chi connectivity index (χ3v) is 0.670. The largest absolute Gasteiger partial charge is 0.295 e. The van der Waals surface area contributed by atoms with E-state index < -0.39 is 0 Å². The van der Waals surface area contributed by atoms with E-state index in [1.54, 1.807) is 13.0 Å². The van der Waals surface area contributed by atoms with Crippen LogP contribution in [0.3, 0.4) is 0 Å². The van der Waals surface area contributed by atoms with E-state index in [2.05, 4.69) is 0 Å². The lowest BCUT2D eigenvalue weighted by Gasteiger charge is -1.78. The summed E-state index contributed by atoms with van der Waals surface area (Å²) >= 11 is 0. The fourth-order valence-electron chi connectivity index (χ4n) is 0.204. The molecule has 1 nitrogen and oxygen atoms in total. The van der Waals surface area contributed by atoms with Gasteiger partial charge in [-0.05, 0) is 13.0 Å². The van der Waals surface area contributed by atoms with E-state index in [0.717, 1.165) is 0 Å². The first-order valence-corrected chi connectivity index (χ1v) is 2.13. The minimum atomic E-state index is 0.218. The van der Waals surface area contributed by atoms with Crippen molar-refractivity contribution in [2.75, 3.05) is 0 Å². The molecule has 0 aromatic rings. The first kappa shape index (κ1) is 5.54. The van der Waals surface area contributed by atoms with Crippen molar-refractivity contribution in [3.8, 4) is 0 Å². The predicted molar refractivity (Wildman–Crippen MR) is 24.7 cm³/mol. The molecule has 0 aromatic heterocycles. The summed E-state index contributed by atoms with van der Waals surface area (Å²) in [4.78, 5) is 0. The zero-order valence-corrected chi connectivity index (χ0v) is 4.19. The van der Waals surface area contributed by atoms with Gasteiger partial charge in [0.2, 0.25) is 0 Å². The van der Waals surface area contributed by atoms with Crippen molar-refractivity contribution in [1.82, 2.24) is 0 Å². The SMILES string of the molecule is CC=C([O])CC. The predicted octanol–water partition coefficient (Wildman–Crippen LogP) is 1.73. The highest BCUT2D eigenvalue weighted by Gasteiger charge is 1.81. The molecule has 35 valence electrons. The van der Waals surface area contributed by atoms with E-state index in [9.17, 15) is 5.11 Å². The van der Waals surface area contributed by atoms with Crippen LogP contribution in [0.5, 0.6) is 0 Å². The van der Waals surface area contributed by atoms with Gasteiger partial charge in [-0.15, -0.1) is 0 Å². The van der Waals surface area contributed by atoms with Gasteiger partial charge in [0.25, 0.3) is 0 Å². The van der Waals surface area contributed by atoms with Gasteiger partial charge in [-0.3, -0.25) is 5.11 Å². The molecule has 0 amide bonds. The van der Waals surface area contributed by atoms with Crippen molar-refractivity contribution in [2.45, 2.75) is 20.3 Å². The van der Waals surface area contributed by atoms with Gasteiger partial charge >= 0.3 is 0 Å². The second-order valence-corrected chi connectivity index (χ2v) is 1.11. The Balaban J connectivity index is 3.22. The summed E-state index contributed by atoms with van der Waals surface area (Å²) in [5, 5.41) is 10.1. The fraction of sp³-hybridized carbons (Fsp3) is 0.600. The molecule has 0 saturated heterocycles. The minimum Gasteiger partial charge on any atom is -0.295 e. The van der Waals surface area contributed by atoms with Crippen LogP contribution in [0.2, 0.25) is 0 Å². The molecule has 0 spiro atoms. The molecule has 6 heavy (non-hydrogen) atoms. The zero-order chi connectivity index (χ0) is 4.99. The molecular weight excluding hydrogens is 76.1 g/mol. The van der Waals surface area contributed by atoms with Gasteiger partial charge in [-0.25, -0.2) is 0 Å². The van der Waals surface area contributed by atoms with Crippen molar-refractivity contribution in [3.63, 3.8) is 0 Å². The average molecular weight is 85.1 g/mol. The molecule has 0 aromatic carbocycles. The van der Waals surface area contributed by atoms with E-state index >= 15 is 0 Å². The molecule has 0 unspecified atom stereocenters. The summed E-state index contributed by atoms with van der Waals surface area (Å²) in [5.41, 5.74) is 0. The Labute approximate surface area is 38.3 Å². The Morgan fingerprint density at radius 1 is 1.83 bits per heavy atom. The lowest BCUT2D eigenvalue weighted by atomic mass is 10.4. The van der Waals surface area contributed by atoms with E-state index in [1.807, 2.05) is 6.92 Å². The van der Waals surface area contributed by atoms with Gasteiger partial charge in [0.05, 0.1) is 0 Å². The van der Waals surface area contributed by atoms with Crippen LogP contribution < -0.4 is 0 Å². The minimum absolute atomic E-state index is 0.218. The van der Waals surface area contributed by atoms with Crippen LogP contribution in [-0.4, -0.2) is 0 Å². The molecule has 0 heterocycles. The molecule has 0 N–H and O–H groups in total. The highest BCUT2D eigenvalue weighted by atomic mass is 16.3. The quantitative estimate of drug-likeness (QED) is 0.432. The molecule has 0 fully saturated rings. The Kier molecular flexibility index (Phi) is 2.55. The molecule has 0 aliphatic heterocycles. The zero-order valence-electron chi connectivity index (χ0n) is 4.19. The van der Waals surface area contributed by atoms with Crippen LogP contribution >= 0.6 is 0 Å². The molecular formula is C5H9O. The maximum Gasteiger partial charge on any atom is 0.151 e. The first-order valence-electron chi connectivity index (χ1n) is 2.13. The summed E-state index contributed by atoms with van der Waals surface area (Å²) in [6.45, 7) is 3.61. The van der Waals surface area contributed by atoms with E-state index in [4.69, 9.17) is 0 Å². The van der Waals surface area contributed by atoms with Crippen LogP contribution in [-0.2, 0) is 5.11 Å². The molecule has 0 atom stereocenters. The molecule has 0 rings (SSSR count). The van der Waals surface area contributed by atoms with Crippen molar-refractivity contribution in [3.05, 3.63) is 11.8 Å². The van der Waals surface area contributed by atoms with Crippen molar-refractivity contribution < 1.29 is 5.11 Å². The molecule has 0 aliphatic carbocycles. The Morgan fingerprint density at radius 3 is 2.33 bits per heavy atom. The summed E-state index contributed by atoms with van der Waals surface area (Å²) in [7, 11) is 0. The second kappa shape index (κ2) is 2.76. The maximum absolute atomic E-state index is 10.1. The molecule has 0 bridgehead atoms. The van der Waals surface area contributed by atoms with E-state index in [0.29, 0.717) is 6.42 Å². The van der Waals surface area contributed by atoms with Gasteiger partial charge < -0.3 is 0 Å². The van der Waals surface area contributed by atoms with Gasteiger partial charge in [0, 0.05) is 6.42 Å². The highest BCUT2D eigenvalue weighted by Crippen LogP contribution is 1.91. The second-order valence-electron chi connectivity index (χ2n) is 1.11. The topological polar surface area (TPSA) is 19.9 Å². The molecule has 1 heteroatoms. The third kappa shape index (κ3) is 1.82. The summed E-state index contributed by atoms with van der Waals surface area (Å²) < 4.78 is 0. The molecule has 0 saturated carbocycles. The van der Waals surface area contributed by atoms with Gasteiger partial charge in [-0.1, -0.05) is 6.92 Å². The lowest BCUT2D eigenvalue weighted by molar-refractivity contribution is 0.284. The van der Waals surface area contributed by atoms with Gasteiger partial charge in [0.15, 0.2) is 5.76 Å². The Bertz CT molecular complexity index is 55.0. The van der Waals surface area contributed by atoms with Crippen LogP contribution in [0.25, 0.3) is 0 Å². The normalized spacial score (nSPS) is 12.0. The lowest BCUT2D eigenvalue weighted by Crippen LogP contribution is -1.67. The highest BCUT2D eigenvalue weighted by molar-refractivity contribution is 4.84. The number of allylic oxidation sites excluding steroid dienone is 2. The number of rotatable bonds is 1. The maximum atomic E-state index is 10.1. The average Bonchev–Trinajstić information content (AvgIpc) is 1.65. The first-order chi connectivity index (χ1) is 2.81. The van der Waals surface area contributed by atoms with Gasteiger partial charge in [0.1, 0.15) is 0 Å². The van der Waals surface area contributed by atoms with Crippen molar-refractivity contribution >= 4 is 0 Å². The fourth-order valence-corrected chi connectivity index (χ4v) is 0.204. The van der Waals surface area contributed by atoms with Crippen molar-refractivity contribution in [2.24, 2.45) is 0 Å². The van der Waals surface area contributed by atoms with Crippen LogP contribution in [0.15, 0.2) is 11.8 Å². The van der Waals surface area contributed by atoms with Gasteiger partial charge in [-0.2, -0.15) is 0 Å². The van der Waals surface area contributed by atoms with Crippen LogP contribution in [0.4, 0.5) is 0 Å². The van der Waals surface area contributed by atoms with E-state index in [-0.39, 0.29) is 5.76 Å². The smallest absolute Gasteiger partial charge is 0.151 e. The van der Waals surface area contributed by atoms with Crippen molar-refractivity contribution in [1.29, 1.82) is 0 Å². The molecule has 0 aliphatic rings. The third-order valence-electron chi connectivity index (χ3n) is 0.670. The Hall–Kier alpha value is -0.460.